The number of benzene rings is 2. The summed E-state index contributed by atoms with van der Waals surface area (Å²) in [5.41, 5.74) is 0.948. The first-order valence-corrected chi connectivity index (χ1v) is 9.77. The van der Waals surface area contributed by atoms with Crippen molar-refractivity contribution in [1.82, 2.24) is 4.90 Å². The van der Waals surface area contributed by atoms with Crippen LogP contribution in [0.2, 0.25) is 0 Å². The van der Waals surface area contributed by atoms with Crippen molar-refractivity contribution in [2.45, 2.75) is 38.6 Å². The number of nitrogens with zero attached hydrogens (tertiary/aromatic N) is 1. The zero-order chi connectivity index (χ0) is 19.9. The maximum atomic E-state index is 12.8. The van der Waals surface area contributed by atoms with E-state index < -0.39 is 5.97 Å². The molecule has 1 fully saturated rings. The van der Waals surface area contributed by atoms with E-state index in [2.05, 4.69) is 6.92 Å². The van der Waals surface area contributed by atoms with E-state index >= 15 is 0 Å². The molecule has 0 N–H and O–H groups in total. The number of carbonyl (C=O) groups is 3. The number of likely N-dealkylation sites (tertiary alicyclic amines) is 1. The maximum absolute atomic E-state index is 12.8. The van der Waals surface area contributed by atoms with E-state index in [1.807, 2.05) is 11.0 Å². The number of rotatable bonds is 6. The Kier molecular flexibility index (Phi) is 6.58. The Labute approximate surface area is 165 Å². The van der Waals surface area contributed by atoms with Crippen LogP contribution in [0.15, 0.2) is 54.6 Å². The summed E-state index contributed by atoms with van der Waals surface area (Å²) in [5.74, 6) is -1.08. The first kappa shape index (κ1) is 19.8. The lowest BCUT2D eigenvalue weighted by molar-refractivity contribution is -0.138. The number of piperidine rings is 1. The van der Waals surface area contributed by atoms with Gasteiger partial charge in [-0.25, -0.2) is 4.79 Å². The zero-order valence-corrected chi connectivity index (χ0v) is 16.1. The van der Waals surface area contributed by atoms with Crippen LogP contribution in [0.4, 0.5) is 0 Å². The summed E-state index contributed by atoms with van der Waals surface area (Å²) >= 11 is 0. The van der Waals surface area contributed by atoms with Gasteiger partial charge in [0.2, 0.25) is 0 Å². The summed E-state index contributed by atoms with van der Waals surface area (Å²) in [6.07, 6.45) is 3.99. The minimum atomic E-state index is -0.654. The standard InChI is InChI=1S/C23H25NO4/c1-2-18-12-8-9-15-24(18)21(25)16-28-23(27)20-14-7-6-13-19(20)22(26)17-10-4-3-5-11-17/h3-7,10-11,13-14,18H,2,8-9,12,15-16H2,1H3/t18-/m1/s1. The molecular weight excluding hydrogens is 354 g/mol. The number of hydrogen-bond acceptors (Lipinski definition) is 4. The molecule has 0 aliphatic carbocycles. The average Bonchev–Trinajstić information content (AvgIpc) is 2.77. The number of hydrogen-bond donors (Lipinski definition) is 0. The van der Waals surface area contributed by atoms with Crippen molar-refractivity contribution in [1.29, 1.82) is 0 Å². The van der Waals surface area contributed by atoms with Crippen molar-refractivity contribution in [2.24, 2.45) is 0 Å². The maximum Gasteiger partial charge on any atom is 0.339 e. The second-order valence-corrected chi connectivity index (χ2v) is 6.96. The van der Waals surface area contributed by atoms with E-state index in [4.69, 9.17) is 4.74 Å². The first-order valence-electron chi connectivity index (χ1n) is 9.77. The molecule has 146 valence electrons. The summed E-state index contributed by atoms with van der Waals surface area (Å²) in [4.78, 5) is 39.7. The van der Waals surface area contributed by atoms with E-state index in [0.717, 1.165) is 25.7 Å². The molecule has 0 unspecified atom stereocenters. The van der Waals surface area contributed by atoms with E-state index in [9.17, 15) is 14.4 Å². The van der Waals surface area contributed by atoms with Crippen LogP contribution in [-0.4, -0.2) is 41.8 Å². The molecular formula is C23H25NO4. The minimum Gasteiger partial charge on any atom is -0.452 e. The van der Waals surface area contributed by atoms with Gasteiger partial charge in [0.1, 0.15) is 0 Å². The second-order valence-electron chi connectivity index (χ2n) is 6.96. The Morgan fingerprint density at radius 2 is 1.64 bits per heavy atom. The van der Waals surface area contributed by atoms with Crippen molar-refractivity contribution in [3.05, 3.63) is 71.3 Å². The highest BCUT2D eigenvalue weighted by molar-refractivity contribution is 6.14. The van der Waals surface area contributed by atoms with Crippen molar-refractivity contribution < 1.29 is 19.1 Å². The van der Waals surface area contributed by atoms with Crippen molar-refractivity contribution in [2.75, 3.05) is 13.2 Å². The summed E-state index contributed by atoms with van der Waals surface area (Å²) < 4.78 is 5.28. The highest BCUT2D eigenvalue weighted by Crippen LogP contribution is 2.20. The van der Waals surface area contributed by atoms with Gasteiger partial charge in [-0.05, 0) is 31.7 Å². The average molecular weight is 379 g/mol. The van der Waals surface area contributed by atoms with Crippen molar-refractivity contribution in [3.63, 3.8) is 0 Å². The molecule has 0 spiro atoms. The fraction of sp³-hybridized carbons (Fsp3) is 0.348. The van der Waals surface area contributed by atoms with Crippen LogP contribution >= 0.6 is 0 Å². The number of esters is 1. The smallest absolute Gasteiger partial charge is 0.339 e. The van der Waals surface area contributed by atoms with E-state index in [1.54, 1.807) is 48.5 Å². The lowest BCUT2D eigenvalue weighted by Crippen LogP contribution is -2.45. The van der Waals surface area contributed by atoms with Gasteiger partial charge in [0.25, 0.3) is 5.91 Å². The summed E-state index contributed by atoms with van der Waals surface area (Å²) in [5, 5.41) is 0. The highest BCUT2D eigenvalue weighted by atomic mass is 16.5. The molecule has 1 aliphatic rings. The van der Waals surface area contributed by atoms with Gasteiger partial charge in [-0.1, -0.05) is 55.5 Å². The van der Waals surface area contributed by atoms with Gasteiger partial charge in [-0.3, -0.25) is 9.59 Å². The van der Waals surface area contributed by atoms with Crippen LogP contribution in [0.5, 0.6) is 0 Å². The van der Waals surface area contributed by atoms with Gasteiger partial charge < -0.3 is 9.64 Å². The summed E-state index contributed by atoms with van der Waals surface area (Å²) in [7, 11) is 0. The first-order chi connectivity index (χ1) is 13.6. The minimum absolute atomic E-state index is 0.174. The van der Waals surface area contributed by atoms with E-state index in [1.165, 1.54) is 0 Å². The fourth-order valence-corrected chi connectivity index (χ4v) is 3.65. The van der Waals surface area contributed by atoms with Crippen LogP contribution in [-0.2, 0) is 9.53 Å². The molecule has 1 aliphatic heterocycles. The number of amides is 1. The van der Waals surface area contributed by atoms with Crippen LogP contribution in [0.3, 0.4) is 0 Å². The molecule has 5 nitrogen and oxygen atoms in total. The van der Waals surface area contributed by atoms with Gasteiger partial charge in [0, 0.05) is 23.7 Å². The predicted octanol–water partition coefficient (Wildman–Crippen LogP) is 3.87. The number of carbonyl (C=O) groups excluding carboxylic acids is 3. The fourth-order valence-electron chi connectivity index (χ4n) is 3.65. The van der Waals surface area contributed by atoms with Gasteiger partial charge >= 0.3 is 5.97 Å². The molecule has 1 heterocycles. The summed E-state index contributed by atoms with van der Waals surface area (Å²) in [6, 6.07) is 15.5. The molecule has 28 heavy (non-hydrogen) atoms. The van der Waals surface area contributed by atoms with E-state index in [0.29, 0.717) is 12.1 Å². The largest absolute Gasteiger partial charge is 0.452 e. The van der Waals surface area contributed by atoms with Crippen LogP contribution in [0.25, 0.3) is 0 Å². The van der Waals surface area contributed by atoms with Gasteiger partial charge in [-0.15, -0.1) is 0 Å². The Morgan fingerprint density at radius 1 is 0.964 bits per heavy atom. The molecule has 3 rings (SSSR count). The molecule has 0 aromatic heterocycles. The Balaban J connectivity index is 1.70. The third-order valence-corrected chi connectivity index (χ3v) is 5.17. The lowest BCUT2D eigenvalue weighted by atomic mass is 9.98. The SMILES string of the molecule is CC[C@@H]1CCCCN1C(=O)COC(=O)c1ccccc1C(=O)c1ccccc1. The molecule has 0 bridgehead atoms. The molecule has 1 saturated heterocycles. The highest BCUT2D eigenvalue weighted by Gasteiger charge is 2.26. The third-order valence-electron chi connectivity index (χ3n) is 5.17. The molecule has 2 aromatic carbocycles. The van der Waals surface area contributed by atoms with Gasteiger partial charge in [0.05, 0.1) is 5.56 Å². The summed E-state index contributed by atoms with van der Waals surface area (Å²) in [6.45, 7) is 2.47. The number of ether oxygens (including phenoxy) is 1. The quantitative estimate of drug-likeness (QED) is 0.565. The molecule has 1 amide bonds. The van der Waals surface area contributed by atoms with E-state index in [-0.39, 0.29) is 35.5 Å². The van der Waals surface area contributed by atoms with Crippen molar-refractivity contribution in [3.8, 4) is 0 Å². The third kappa shape index (κ3) is 4.47. The predicted molar refractivity (Wildman–Crippen MR) is 106 cm³/mol. The molecule has 1 atom stereocenters. The van der Waals surface area contributed by atoms with Crippen molar-refractivity contribution >= 4 is 17.7 Å². The molecule has 2 aromatic rings. The zero-order valence-electron chi connectivity index (χ0n) is 16.1. The van der Waals surface area contributed by atoms with Crippen LogP contribution in [0, 0.1) is 0 Å². The van der Waals surface area contributed by atoms with Gasteiger partial charge in [0.15, 0.2) is 12.4 Å². The number of ketones is 1. The monoisotopic (exact) mass is 379 g/mol. The molecule has 0 saturated carbocycles. The Morgan fingerprint density at radius 3 is 2.36 bits per heavy atom. The lowest BCUT2D eigenvalue weighted by Gasteiger charge is -2.35. The van der Waals surface area contributed by atoms with Gasteiger partial charge in [-0.2, -0.15) is 0 Å². The molecule has 5 heteroatoms. The topological polar surface area (TPSA) is 63.7 Å². The Hall–Kier alpha value is -2.95. The molecule has 0 radical (unpaired) electrons. The second kappa shape index (κ2) is 9.31. The van der Waals surface area contributed by atoms with Crippen LogP contribution < -0.4 is 0 Å². The Bertz CT molecular complexity index is 847. The van der Waals surface area contributed by atoms with Crippen LogP contribution in [0.1, 0.15) is 58.9 Å². The normalized spacial score (nSPS) is 16.5.